The fourth-order valence-electron chi connectivity index (χ4n) is 4.84. The molecule has 0 aliphatic rings. The van der Waals surface area contributed by atoms with Gasteiger partial charge in [-0.2, -0.15) is 0 Å². The van der Waals surface area contributed by atoms with E-state index < -0.39 is 11.3 Å². The Hall–Kier alpha value is -6.16. The van der Waals surface area contributed by atoms with E-state index in [9.17, 15) is 18.4 Å². The van der Waals surface area contributed by atoms with Crippen LogP contribution in [0.4, 0.5) is 8.78 Å². The highest BCUT2D eigenvalue weighted by atomic mass is 19.1. The van der Waals surface area contributed by atoms with Crippen LogP contribution in [-0.4, -0.2) is 19.9 Å². The minimum absolute atomic E-state index is 0.353. The molecule has 1 N–H and O–H groups in total. The summed E-state index contributed by atoms with van der Waals surface area (Å²) in [5.74, 6) is -0.707. The molecule has 10 heteroatoms. The van der Waals surface area contributed by atoms with E-state index in [2.05, 4.69) is 15.1 Å². The van der Waals surface area contributed by atoms with Gasteiger partial charge in [0.1, 0.15) is 11.6 Å². The Morgan fingerprint density at radius 1 is 0.600 bits per heavy atom. The van der Waals surface area contributed by atoms with Crippen LogP contribution in [0.15, 0.2) is 147 Å². The Morgan fingerprint density at radius 3 is 1.71 bits per heavy atom. The predicted octanol–water partition coefficient (Wildman–Crippen LogP) is 7.19. The molecule has 0 radical (unpaired) electrons. The van der Waals surface area contributed by atoms with E-state index in [0.717, 1.165) is 16.7 Å². The van der Waals surface area contributed by atoms with Gasteiger partial charge in [-0.25, -0.2) is 28.3 Å². The Kier molecular flexibility index (Phi) is 8.36. The first kappa shape index (κ1) is 28.9. The molecule has 0 saturated heterocycles. The number of H-pyrrole nitrogens is 1. The molecular weight excluding hydrogens is 578 g/mol. The maximum atomic E-state index is 13.3. The molecule has 0 spiro atoms. The first-order chi connectivity index (χ1) is 22.0. The lowest BCUT2D eigenvalue weighted by atomic mass is 10.0. The molecule has 4 aromatic heterocycles. The number of rotatable bonds is 6. The quantitative estimate of drug-likeness (QED) is 0.216. The van der Waals surface area contributed by atoms with Crippen LogP contribution in [-0.2, 0) is 6.54 Å². The second-order valence-corrected chi connectivity index (χ2v) is 9.85. The molecule has 0 saturated carbocycles. The number of aromatic nitrogens is 4. The van der Waals surface area contributed by atoms with Crippen LogP contribution in [0.1, 0.15) is 5.56 Å². The molecule has 3 aromatic carbocycles. The largest absolute Gasteiger partial charge is 0.365 e. The summed E-state index contributed by atoms with van der Waals surface area (Å²) in [5, 5.41) is 2.59. The van der Waals surface area contributed by atoms with E-state index in [0.29, 0.717) is 40.2 Å². The van der Waals surface area contributed by atoms with Crippen LogP contribution in [0.2, 0.25) is 0 Å². The maximum Gasteiger partial charge on any atom is 0.365 e. The van der Waals surface area contributed by atoms with E-state index in [-0.39, 0.29) is 11.6 Å². The van der Waals surface area contributed by atoms with Crippen molar-refractivity contribution in [2.75, 3.05) is 0 Å². The second kappa shape index (κ2) is 13.0. The zero-order valence-corrected chi connectivity index (χ0v) is 23.6. The van der Waals surface area contributed by atoms with Crippen molar-refractivity contribution in [3.05, 3.63) is 166 Å². The first-order valence-corrected chi connectivity index (χ1v) is 13.8. The fraction of sp³-hybridized carbons (Fsp3) is 0.0286. The summed E-state index contributed by atoms with van der Waals surface area (Å²) in [4.78, 5) is 32.4. The van der Waals surface area contributed by atoms with Gasteiger partial charge in [-0.15, -0.1) is 0 Å². The monoisotopic (exact) mass is 602 g/mol. The van der Waals surface area contributed by atoms with E-state index >= 15 is 0 Å². The third-order valence-corrected chi connectivity index (χ3v) is 6.94. The molecule has 45 heavy (non-hydrogen) atoms. The van der Waals surface area contributed by atoms with Gasteiger partial charge in [-0.05, 0) is 65.2 Å². The Bertz CT molecular complexity index is 2120. The molecule has 222 valence electrons. The average molecular weight is 603 g/mol. The number of pyridine rings is 2. The van der Waals surface area contributed by atoms with Crippen molar-refractivity contribution < 1.29 is 17.8 Å². The Morgan fingerprint density at radius 2 is 1.13 bits per heavy atom. The summed E-state index contributed by atoms with van der Waals surface area (Å²) in [6.07, 6.45) is 6.56. The lowest BCUT2D eigenvalue weighted by molar-refractivity contribution is 0.270. The SMILES string of the molecule is O=c1o[nH]c(-c2ccncc2)c1-c1ccc(F)cc1.O=c1on(Cc2ccccc2)c(-c2ccncc2)c1-c1ccc(F)cc1. The van der Waals surface area contributed by atoms with Crippen molar-refractivity contribution in [2.24, 2.45) is 0 Å². The minimum atomic E-state index is -0.488. The highest BCUT2D eigenvalue weighted by Gasteiger charge is 2.21. The van der Waals surface area contributed by atoms with E-state index in [4.69, 9.17) is 9.05 Å². The van der Waals surface area contributed by atoms with Gasteiger partial charge in [-0.3, -0.25) is 9.97 Å². The van der Waals surface area contributed by atoms with Gasteiger partial charge >= 0.3 is 11.3 Å². The van der Waals surface area contributed by atoms with Gasteiger partial charge in [0.25, 0.3) is 0 Å². The van der Waals surface area contributed by atoms with Gasteiger partial charge in [0.2, 0.25) is 0 Å². The van der Waals surface area contributed by atoms with Gasteiger partial charge in [0, 0.05) is 35.9 Å². The summed E-state index contributed by atoms with van der Waals surface area (Å²) >= 11 is 0. The molecule has 7 rings (SSSR count). The third-order valence-electron chi connectivity index (χ3n) is 6.94. The van der Waals surface area contributed by atoms with Gasteiger partial charge < -0.3 is 9.05 Å². The molecule has 0 aliphatic carbocycles. The van der Waals surface area contributed by atoms with Gasteiger partial charge in [0.05, 0.1) is 29.1 Å². The standard InChI is InChI=1S/C21H15FN2O2.C14H9FN2O2/c22-18-8-6-16(7-9-18)19-20(17-10-12-23-13-11-17)24(26-21(19)25)14-15-4-2-1-3-5-15;15-11-3-1-9(2-4-11)12-13(17-19-14(12)18)10-5-7-16-8-6-10/h1-13H,14H2;1-8,17H. The Labute approximate surface area is 254 Å². The fourth-order valence-corrected chi connectivity index (χ4v) is 4.84. The Balaban J connectivity index is 0.000000167. The second-order valence-electron chi connectivity index (χ2n) is 9.85. The molecule has 0 aliphatic heterocycles. The molecule has 7 aromatic rings. The highest BCUT2D eigenvalue weighted by molar-refractivity contribution is 5.80. The minimum Gasteiger partial charge on any atom is -0.338 e. The normalized spacial score (nSPS) is 10.7. The summed E-state index contributed by atoms with van der Waals surface area (Å²) in [7, 11) is 0. The van der Waals surface area contributed by atoms with Crippen LogP contribution in [0.25, 0.3) is 44.8 Å². The lowest BCUT2D eigenvalue weighted by Gasteiger charge is -2.09. The summed E-state index contributed by atoms with van der Waals surface area (Å²) in [5.41, 5.74) is 4.85. The van der Waals surface area contributed by atoms with Crippen molar-refractivity contribution in [3.63, 3.8) is 0 Å². The van der Waals surface area contributed by atoms with E-state index in [1.807, 2.05) is 42.5 Å². The predicted molar refractivity (Wildman–Crippen MR) is 165 cm³/mol. The molecule has 0 unspecified atom stereocenters. The van der Waals surface area contributed by atoms with Crippen LogP contribution in [0.3, 0.4) is 0 Å². The zero-order chi connectivity index (χ0) is 31.2. The molecule has 0 atom stereocenters. The molecule has 0 bridgehead atoms. The number of halogens is 2. The molecule has 4 heterocycles. The molecular formula is C35H24F2N4O4. The number of hydrogen-bond acceptors (Lipinski definition) is 6. The smallest absolute Gasteiger partial charge is 0.338 e. The van der Waals surface area contributed by atoms with Crippen molar-refractivity contribution >= 4 is 0 Å². The van der Waals surface area contributed by atoms with Crippen molar-refractivity contribution in [2.45, 2.75) is 6.54 Å². The summed E-state index contributed by atoms with van der Waals surface area (Å²) < 4.78 is 38.2. The summed E-state index contributed by atoms with van der Waals surface area (Å²) in [6, 6.07) is 28.4. The molecule has 8 nitrogen and oxygen atoms in total. The number of aromatic amines is 1. The van der Waals surface area contributed by atoms with Crippen LogP contribution < -0.4 is 11.3 Å². The van der Waals surface area contributed by atoms with E-state index in [1.165, 1.54) is 24.3 Å². The molecule has 0 amide bonds. The van der Waals surface area contributed by atoms with E-state index in [1.54, 1.807) is 65.9 Å². The topological polar surface area (TPSA) is 107 Å². The maximum absolute atomic E-state index is 13.3. The van der Waals surface area contributed by atoms with Crippen molar-refractivity contribution in [3.8, 4) is 44.8 Å². The highest BCUT2D eigenvalue weighted by Crippen LogP contribution is 2.31. The van der Waals surface area contributed by atoms with Crippen LogP contribution in [0, 0.1) is 11.6 Å². The van der Waals surface area contributed by atoms with Crippen LogP contribution >= 0.6 is 0 Å². The summed E-state index contributed by atoms with van der Waals surface area (Å²) in [6.45, 7) is 0.412. The number of nitrogens with one attached hydrogen (secondary N) is 1. The number of benzene rings is 3. The average Bonchev–Trinajstić information content (AvgIpc) is 3.62. The third kappa shape index (κ3) is 6.45. The number of nitrogens with zero attached hydrogens (tertiary/aromatic N) is 3. The zero-order valence-electron chi connectivity index (χ0n) is 23.6. The van der Waals surface area contributed by atoms with Gasteiger partial charge in [0.15, 0.2) is 0 Å². The van der Waals surface area contributed by atoms with Gasteiger partial charge in [-0.1, -0.05) is 54.6 Å². The lowest BCUT2D eigenvalue weighted by Crippen LogP contribution is -2.01. The van der Waals surface area contributed by atoms with Crippen molar-refractivity contribution in [1.82, 2.24) is 19.9 Å². The van der Waals surface area contributed by atoms with Crippen LogP contribution in [0.5, 0.6) is 0 Å². The molecule has 0 fully saturated rings. The first-order valence-electron chi connectivity index (χ1n) is 13.8. The van der Waals surface area contributed by atoms with Crippen molar-refractivity contribution in [1.29, 1.82) is 0 Å². The number of hydrogen-bond donors (Lipinski definition) is 1.